The fourth-order valence-electron chi connectivity index (χ4n) is 2.83. The van der Waals surface area contributed by atoms with Crippen LogP contribution in [0.4, 0.5) is 4.39 Å². The van der Waals surface area contributed by atoms with Crippen LogP contribution in [0.3, 0.4) is 0 Å². The molecule has 2 aromatic carbocycles. The molecule has 2 atom stereocenters. The minimum Gasteiger partial charge on any atom is -0.481 e. The third-order valence-electron chi connectivity index (χ3n) is 3.91. The number of ketones is 1. The van der Waals surface area contributed by atoms with Gasteiger partial charge in [0.2, 0.25) is 0 Å². The Bertz CT molecular complexity index is 659. The standard InChI is InChI=1S/C18H18FNO2/c1-20-11-16(13-6-5-7-14(19)10-13)18(21)17(12-20)22-15-8-3-2-4-9-15/h2-10,16-17H,11-12H2,1H3. The molecular formula is C18H18FNO2. The lowest BCUT2D eigenvalue weighted by atomic mass is 9.88. The van der Waals surface area contributed by atoms with Crippen LogP contribution in [0.1, 0.15) is 11.5 Å². The van der Waals surface area contributed by atoms with E-state index >= 15 is 0 Å². The molecule has 0 N–H and O–H groups in total. The van der Waals surface area contributed by atoms with Crippen molar-refractivity contribution in [3.63, 3.8) is 0 Å². The monoisotopic (exact) mass is 299 g/mol. The highest BCUT2D eigenvalue weighted by molar-refractivity contribution is 5.91. The van der Waals surface area contributed by atoms with Gasteiger partial charge >= 0.3 is 0 Å². The zero-order valence-corrected chi connectivity index (χ0v) is 12.4. The normalized spacial score (nSPS) is 22.5. The van der Waals surface area contributed by atoms with Crippen molar-refractivity contribution in [1.29, 1.82) is 0 Å². The summed E-state index contributed by atoms with van der Waals surface area (Å²) in [5.74, 6) is 0.00362. The number of piperidine rings is 1. The molecule has 1 saturated heterocycles. The predicted molar refractivity (Wildman–Crippen MR) is 82.5 cm³/mol. The van der Waals surface area contributed by atoms with Crippen LogP contribution < -0.4 is 4.74 Å². The zero-order chi connectivity index (χ0) is 15.5. The van der Waals surface area contributed by atoms with Crippen molar-refractivity contribution in [2.45, 2.75) is 12.0 Å². The first kappa shape index (κ1) is 14.7. The number of hydrogen-bond acceptors (Lipinski definition) is 3. The molecule has 22 heavy (non-hydrogen) atoms. The summed E-state index contributed by atoms with van der Waals surface area (Å²) in [6.07, 6.45) is -0.533. The van der Waals surface area contributed by atoms with Gasteiger partial charge in [0, 0.05) is 13.1 Å². The largest absolute Gasteiger partial charge is 0.481 e. The lowest BCUT2D eigenvalue weighted by Gasteiger charge is -2.34. The molecule has 114 valence electrons. The van der Waals surface area contributed by atoms with E-state index in [2.05, 4.69) is 0 Å². The number of carbonyl (C=O) groups excluding carboxylic acids is 1. The molecule has 1 aliphatic heterocycles. The molecule has 0 aromatic heterocycles. The Morgan fingerprint density at radius 3 is 2.59 bits per heavy atom. The van der Waals surface area contributed by atoms with Gasteiger partial charge < -0.3 is 9.64 Å². The van der Waals surface area contributed by atoms with Crippen LogP contribution in [0.15, 0.2) is 54.6 Å². The van der Waals surface area contributed by atoms with E-state index in [1.165, 1.54) is 12.1 Å². The van der Waals surface area contributed by atoms with Crippen LogP contribution in [-0.4, -0.2) is 36.9 Å². The van der Waals surface area contributed by atoms with Gasteiger partial charge in [0.15, 0.2) is 11.9 Å². The maximum absolute atomic E-state index is 13.4. The van der Waals surface area contributed by atoms with Gasteiger partial charge in [0.1, 0.15) is 11.6 Å². The lowest BCUT2D eigenvalue weighted by molar-refractivity contribution is -0.131. The van der Waals surface area contributed by atoms with E-state index in [-0.39, 0.29) is 17.5 Å². The number of rotatable bonds is 3. The molecule has 3 rings (SSSR count). The maximum atomic E-state index is 13.4. The van der Waals surface area contributed by atoms with Gasteiger partial charge in [0.25, 0.3) is 0 Å². The number of likely N-dealkylation sites (tertiary alicyclic amines) is 1. The van der Waals surface area contributed by atoms with Crippen molar-refractivity contribution in [1.82, 2.24) is 4.90 Å². The topological polar surface area (TPSA) is 29.5 Å². The Balaban J connectivity index is 1.82. The molecule has 2 aromatic rings. The molecule has 0 amide bonds. The van der Waals surface area contributed by atoms with E-state index in [0.29, 0.717) is 24.4 Å². The minimum absolute atomic E-state index is 0.00699. The molecule has 1 fully saturated rings. The van der Waals surface area contributed by atoms with Crippen LogP contribution >= 0.6 is 0 Å². The van der Waals surface area contributed by atoms with E-state index in [4.69, 9.17) is 4.74 Å². The Morgan fingerprint density at radius 1 is 1.09 bits per heavy atom. The van der Waals surface area contributed by atoms with Crippen LogP contribution in [0.2, 0.25) is 0 Å². The van der Waals surface area contributed by atoms with Crippen LogP contribution in [0, 0.1) is 5.82 Å². The number of carbonyl (C=O) groups is 1. The first-order valence-corrected chi connectivity index (χ1v) is 7.33. The van der Waals surface area contributed by atoms with Crippen LogP contribution in [0.25, 0.3) is 0 Å². The minimum atomic E-state index is -0.533. The SMILES string of the molecule is CN1CC(Oc2ccccc2)C(=O)C(c2cccc(F)c2)C1. The second kappa shape index (κ2) is 6.28. The molecule has 0 saturated carbocycles. The molecule has 1 aliphatic rings. The summed E-state index contributed by atoms with van der Waals surface area (Å²) in [6, 6.07) is 15.6. The quantitative estimate of drug-likeness (QED) is 0.873. The van der Waals surface area contributed by atoms with E-state index in [0.717, 1.165) is 0 Å². The molecular weight excluding hydrogens is 281 g/mol. The summed E-state index contributed by atoms with van der Waals surface area (Å²) < 4.78 is 19.3. The first-order valence-electron chi connectivity index (χ1n) is 7.33. The van der Waals surface area contributed by atoms with Crippen molar-refractivity contribution < 1.29 is 13.9 Å². The van der Waals surface area contributed by atoms with Gasteiger partial charge in [-0.15, -0.1) is 0 Å². The summed E-state index contributed by atoms with van der Waals surface area (Å²) in [5, 5.41) is 0. The average molecular weight is 299 g/mol. The average Bonchev–Trinajstić information content (AvgIpc) is 2.51. The molecule has 1 heterocycles. The smallest absolute Gasteiger partial charge is 0.183 e. The highest BCUT2D eigenvalue weighted by Crippen LogP contribution is 2.26. The summed E-state index contributed by atoms with van der Waals surface area (Å²) in [4.78, 5) is 14.8. The highest BCUT2D eigenvalue weighted by Gasteiger charge is 2.36. The highest BCUT2D eigenvalue weighted by atomic mass is 19.1. The number of benzene rings is 2. The van der Waals surface area contributed by atoms with E-state index in [1.807, 2.05) is 42.3 Å². The Morgan fingerprint density at radius 2 is 1.86 bits per heavy atom. The van der Waals surface area contributed by atoms with Gasteiger partial charge in [0.05, 0.1) is 5.92 Å². The van der Waals surface area contributed by atoms with Gasteiger partial charge in [-0.25, -0.2) is 4.39 Å². The van der Waals surface area contributed by atoms with Crippen molar-refractivity contribution in [3.05, 3.63) is 66.0 Å². The number of halogens is 1. The number of nitrogens with zero attached hydrogens (tertiary/aromatic N) is 1. The lowest BCUT2D eigenvalue weighted by Crippen LogP contribution is -2.49. The third kappa shape index (κ3) is 3.17. The number of hydrogen-bond donors (Lipinski definition) is 0. The second-order valence-corrected chi connectivity index (χ2v) is 5.65. The Labute approximate surface area is 129 Å². The third-order valence-corrected chi connectivity index (χ3v) is 3.91. The van der Waals surface area contributed by atoms with Gasteiger partial charge in [-0.3, -0.25) is 4.79 Å². The molecule has 0 bridgehead atoms. The van der Waals surface area contributed by atoms with Crippen molar-refractivity contribution in [3.8, 4) is 5.75 Å². The van der Waals surface area contributed by atoms with Crippen LogP contribution in [-0.2, 0) is 4.79 Å². The van der Waals surface area contributed by atoms with E-state index < -0.39 is 6.10 Å². The van der Waals surface area contributed by atoms with E-state index in [1.54, 1.807) is 12.1 Å². The van der Waals surface area contributed by atoms with Gasteiger partial charge in [-0.2, -0.15) is 0 Å². The Kier molecular flexibility index (Phi) is 4.20. The fraction of sp³-hybridized carbons (Fsp3) is 0.278. The van der Waals surface area contributed by atoms with Crippen molar-refractivity contribution in [2.24, 2.45) is 0 Å². The number of Topliss-reactive ketones (excluding diaryl/α,β-unsaturated/α-hetero) is 1. The Hall–Kier alpha value is -2.20. The van der Waals surface area contributed by atoms with Gasteiger partial charge in [-0.05, 0) is 36.9 Å². The van der Waals surface area contributed by atoms with Crippen LogP contribution in [0.5, 0.6) is 5.75 Å². The predicted octanol–water partition coefficient (Wildman–Crippen LogP) is 2.87. The summed E-state index contributed by atoms with van der Waals surface area (Å²) in [7, 11) is 1.94. The molecule has 0 aliphatic carbocycles. The number of likely N-dealkylation sites (N-methyl/N-ethyl adjacent to an activating group) is 1. The first-order chi connectivity index (χ1) is 10.6. The molecule has 2 unspecified atom stereocenters. The van der Waals surface area contributed by atoms with E-state index in [9.17, 15) is 9.18 Å². The number of ether oxygens (including phenoxy) is 1. The summed E-state index contributed by atoms with van der Waals surface area (Å²) >= 11 is 0. The molecule has 0 spiro atoms. The molecule has 4 heteroatoms. The zero-order valence-electron chi connectivity index (χ0n) is 12.4. The summed E-state index contributed by atoms with van der Waals surface area (Å²) in [6.45, 7) is 1.12. The second-order valence-electron chi connectivity index (χ2n) is 5.65. The number of para-hydroxylation sites is 1. The molecule has 0 radical (unpaired) electrons. The fourth-order valence-corrected chi connectivity index (χ4v) is 2.83. The molecule has 3 nitrogen and oxygen atoms in total. The van der Waals surface area contributed by atoms with Crippen molar-refractivity contribution in [2.75, 3.05) is 20.1 Å². The maximum Gasteiger partial charge on any atom is 0.183 e. The van der Waals surface area contributed by atoms with Crippen molar-refractivity contribution >= 4 is 5.78 Å². The van der Waals surface area contributed by atoms with Gasteiger partial charge in [-0.1, -0.05) is 30.3 Å². The summed E-state index contributed by atoms with van der Waals surface area (Å²) in [5.41, 5.74) is 0.707.